The van der Waals surface area contributed by atoms with Gasteiger partial charge >= 0.3 is 0 Å². The number of nitrogens with one attached hydrogen (secondary N) is 1. The van der Waals surface area contributed by atoms with Crippen LogP contribution in [0.1, 0.15) is 18.9 Å². The number of hydrogen-bond donors (Lipinski definition) is 1. The predicted molar refractivity (Wildman–Crippen MR) is 70.8 cm³/mol. The summed E-state index contributed by atoms with van der Waals surface area (Å²) in [7, 11) is 0. The Hall–Kier alpha value is -1.49. The average Bonchev–Trinajstić information content (AvgIpc) is 2.67. The fourth-order valence-corrected chi connectivity index (χ4v) is 2.54. The predicted octanol–water partition coefficient (Wildman–Crippen LogP) is 2.37. The lowest BCUT2D eigenvalue weighted by atomic mass is 10.1. The van der Waals surface area contributed by atoms with Gasteiger partial charge in [0.15, 0.2) is 0 Å². The van der Waals surface area contributed by atoms with Crippen LogP contribution in [0.5, 0.6) is 5.75 Å². The number of thioether (sulfide) groups is 1. The van der Waals surface area contributed by atoms with Crippen LogP contribution in [0.15, 0.2) is 24.3 Å². The molecule has 2 rings (SSSR count). The van der Waals surface area contributed by atoms with Crippen molar-refractivity contribution in [1.82, 2.24) is 5.32 Å². The first-order valence-corrected chi connectivity index (χ1v) is 6.80. The van der Waals surface area contributed by atoms with Gasteiger partial charge in [0, 0.05) is 0 Å². The summed E-state index contributed by atoms with van der Waals surface area (Å²) >= 11 is 1.06. The van der Waals surface area contributed by atoms with Gasteiger partial charge < -0.3 is 4.74 Å². The molecule has 1 saturated heterocycles. The molecule has 5 heteroatoms. The van der Waals surface area contributed by atoms with Crippen LogP contribution in [0.4, 0.5) is 4.79 Å². The van der Waals surface area contributed by atoms with Crippen LogP contribution >= 0.6 is 11.8 Å². The van der Waals surface area contributed by atoms with Crippen molar-refractivity contribution >= 4 is 22.9 Å². The van der Waals surface area contributed by atoms with Crippen LogP contribution in [0.2, 0.25) is 0 Å². The van der Waals surface area contributed by atoms with Gasteiger partial charge in [-0.15, -0.1) is 0 Å². The molecule has 1 aliphatic heterocycles. The van der Waals surface area contributed by atoms with Crippen molar-refractivity contribution in [3.8, 4) is 5.75 Å². The van der Waals surface area contributed by atoms with E-state index in [1.165, 1.54) is 0 Å². The van der Waals surface area contributed by atoms with E-state index >= 15 is 0 Å². The van der Waals surface area contributed by atoms with E-state index in [1.807, 2.05) is 24.3 Å². The Morgan fingerprint density at radius 3 is 2.56 bits per heavy atom. The van der Waals surface area contributed by atoms with Crippen LogP contribution in [0.25, 0.3) is 0 Å². The van der Waals surface area contributed by atoms with E-state index in [4.69, 9.17) is 4.74 Å². The van der Waals surface area contributed by atoms with E-state index in [-0.39, 0.29) is 16.4 Å². The fraction of sp³-hybridized carbons (Fsp3) is 0.385. The van der Waals surface area contributed by atoms with Crippen molar-refractivity contribution in [1.29, 1.82) is 0 Å². The van der Waals surface area contributed by atoms with Gasteiger partial charge in [0.2, 0.25) is 5.91 Å². The highest BCUT2D eigenvalue weighted by Gasteiger charge is 2.31. The third-order valence-corrected chi connectivity index (χ3v) is 3.57. The summed E-state index contributed by atoms with van der Waals surface area (Å²) in [5.41, 5.74) is 1.03. The van der Waals surface area contributed by atoms with E-state index in [0.717, 1.165) is 29.5 Å². The second kappa shape index (κ2) is 5.91. The van der Waals surface area contributed by atoms with Crippen molar-refractivity contribution in [2.75, 3.05) is 6.61 Å². The van der Waals surface area contributed by atoms with Crippen LogP contribution in [0, 0.1) is 0 Å². The Bertz CT molecular complexity index is 444. The minimum Gasteiger partial charge on any atom is -0.494 e. The van der Waals surface area contributed by atoms with Gasteiger partial charge in [-0.3, -0.25) is 14.9 Å². The number of rotatable bonds is 5. The maximum Gasteiger partial charge on any atom is 0.286 e. The third kappa shape index (κ3) is 3.26. The summed E-state index contributed by atoms with van der Waals surface area (Å²) in [6.07, 6.45) is 1.54. The van der Waals surface area contributed by atoms with E-state index in [1.54, 1.807) is 0 Å². The van der Waals surface area contributed by atoms with E-state index in [9.17, 15) is 9.59 Å². The van der Waals surface area contributed by atoms with Gasteiger partial charge in [-0.05, 0) is 30.5 Å². The molecule has 0 spiro atoms. The summed E-state index contributed by atoms with van der Waals surface area (Å²) in [6.45, 7) is 2.76. The molecule has 1 unspecified atom stereocenters. The van der Waals surface area contributed by atoms with Gasteiger partial charge in [0.05, 0.1) is 11.9 Å². The Morgan fingerprint density at radius 2 is 2.00 bits per heavy atom. The van der Waals surface area contributed by atoms with E-state index in [0.29, 0.717) is 13.0 Å². The van der Waals surface area contributed by atoms with Crippen molar-refractivity contribution in [2.45, 2.75) is 25.0 Å². The number of amides is 2. The SMILES string of the molecule is CCCOc1ccc(CC2SC(=O)NC2=O)cc1. The van der Waals surface area contributed by atoms with Gasteiger partial charge in [-0.2, -0.15) is 0 Å². The fourth-order valence-electron chi connectivity index (χ4n) is 1.68. The number of benzene rings is 1. The van der Waals surface area contributed by atoms with Gasteiger partial charge in [-0.1, -0.05) is 30.8 Å². The summed E-state index contributed by atoms with van der Waals surface area (Å²) in [6, 6.07) is 7.65. The highest BCUT2D eigenvalue weighted by Crippen LogP contribution is 2.23. The van der Waals surface area contributed by atoms with Gasteiger partial charge in [0.25, 0.3) is 5.24 Å². The summed E-state index contributed by atoms with van der Waals surface area (Å²) in [4.78, 5) is 22.5. The first kappa shape index (κ1) is 13.0. The molecule has 0 aliphatic carbocycles. The minimum atomic E-state index is -0.306. The molecule has 1 atom stereocenters. The molecule has 1 heterocycles. The van der Waals surface area contributed by atoms with Gasteiger partial charge in [-0.25, -0.2) is 0 Å². The molecule has 96 valence electrons. The van der Waals surface area contributed by atoms with E-state index < -0.39 is 0 Å². The topological polar surface area (TPSA) is 55.4 Å². The second-order valence-corrected chi connectivity index (χ2v) is 5.26. The van der Waals surface area contributed by atoms with E-state index in [2.05, 4.69) is 12.2 Å². The second-order valence-electron chi connectivity index (χ2n) is 4.08. The molecule has 1 aromatic carbocycles. The molecule has 2 amide bonds. The zero-order valence-electron chi connectivity index (χ0n) is 10.1. The molecule has 1 aromatic rings. The molecule has 0 saturated carbocycles. The molecular weight excluding hydrogens is 250 g/mol. The Labute approximate surface area is 110 Å². The van der Waals surface area contributed by atoms with Gasteiger partial charge in [0.1, 0.15) is 5.75 Å². The summed E-state index contributed by atoms with van der Waals surface area (Å²) in [5, 5.41) is 1.72. The van der Waals surface area contributed by atoms with Crippen LogP contribution in [0.3, 0.4) is 0 Å². The zero-order valence-corrected chi connectivity index (χ0v) is 11.0. The molecule has 1 fully saturated rings. The number of hydrogen-bond acceptors (Lipinski definition) is 4. The summed E-state index contributed by atoms with van der Waals surface area (Å²) in [5.74, 6) is 0.636. The molecule has 0 aromatic heterocycles. The lowest BCUT2D eigenvalue weighted by Crippen LogP contribution is -2.25. The minimum absolute atomic E-state index is 0.198. The summed E-state index contributed by atoms with van der Waals surface area (Å²) < 4.78 is 5.48. The monoisotopic (exact) mass is 265 g/mol. The highest BCUT2D eigenvalue weighted by atomic mass is 32.2. The smallest absolute Gasteiger partial charge is 0.286 e. The van der Waals surface area contributed by atoms with Crippen molar-refractivity contribution < 1.29 is 14.3 Å². The third-order valence-electron chi connectivity index (χ3n) is 2.58. The molecular formula is C13H15NO3S. The normalized spacial score (nSPS) is 18.8. The Morgan fingerprint density at radius 1 is 1.28 bits per heavy atom. The zero-order chi connectivity index (χ0) is 13.0. The molecule has 0 bridgehead atoms. The van der Waals surface area contributed by atoms with Crippen molar-refractivity contribution in [3.05, 3.63) is 29.8 Å². The van der Waals surface area contributed by atoms with Crippen LogP contribution < -0.4 is 10.1 Å². The lowest BCUT2D eigenvalue weighted by Gasteiger charge is -2.07. The standard InChI is InChI=1S/C13H15NO3S/c1-2-7-17-10-5-3-9(4-6-10)8-11-12(15)14-13(16)18-11/h3-6,11H,2,7-8H2,1H3,(H,14,15,16). The van der Waals surface area contributed by atoms with Crippen molar-refractivity contribution in [3.63, 3.8) is 0 Å². The Kier molecular flexibility index (Phi) is 4.25. The first-order valence-electron chi connectivity index (χ1n) is 5.92. The first-order chi connectivity index (χ1) is 8.69. The molecule has 1 aliphatic rings. The van der Waals surface area contributed by atoms with Crippen LogP contribution in [-0.2, 0) is 11.2 Å². The number of carbonyl (C=O) groups excluding carboxylic acids is 2. The van der Waals surface area contributed by atoms with Crippen LogP contribution in [-0.4, -0.2) is 23.0 Å². The Balaban J connectivity index is 1.94. The molecule has 4 nitrogen and oxygen atoms in total. The largest absolute Gasteiger partial charge is 0.494 e. The van der Waals surface area contributed by atoms with Crippen molar-refractivity contribution in [2.24, 2.45) is 0 Å². The molecule has 18 heavy (non-hydrogen) atoms. The molecule has 1 N–H and O–H groups in total. The number of carbonyl (C=O) groups is 2. The number of imide groups is 1. The highest BCUT2D eigenvalue weighted by molar-refractivity contribution is 8.15. The maximum atomic E-state index is 11.4. The number of ether oxygens (including phenoxy) is 1. The quantitative estimate of drug-likeness (QED) is 0.888. The maximum absolute atomic E-state index is 11.4. The average molecular weight is 265 g/mol. The molecule has 0 radical (unpaired) electrons. The lowest BCUT2D eigenvalue weighted by molar-refractivity contribution is -0.118.